The molecule has 23 heavy (non-hydrogen) atoms. The van der Waals surface area contributed by atoms with E-state index in [-0.39, 0.29) is 5.91 Å². The van der Waals surface area contributed by atoms with Gasteiger partial charge in [0.25, 0.3) is 0 Å². The SMILES string of the molecule is CC(C)(C)OC(=O)N1CCC1(C)C(=O)NCc1ccc(Cl)cc1. The van der Waals surface area contributed by atoms with Crippen LogP contribution in [0.4, 0.5) is 4.79 Å². The van der Waals surface area contributed by atoms with Crippen molar-refractivity contribution in [1.82, 2.24) is 10.2 Å². The molecule has 5 nitrogen and oxygen atoms in total. The van der Waals surface area contributed by atoms with Crippen molar-refractivity contribution < 1.29 is 14.3 Å². The predicted molar refractivity (Wildman–Crippen MR) is 89.3 cm³/mol. The summed E-state index contributed by atoms with van der Waals surface area (Å²) in [5, 5.41) is 3.53. The summed E-state index contributed by atoms with van der Waals surface area (Å²) in [6, 6.07) is 7.27. The van der Waals surface area contributed by atoms with Crippen molar-refractivity contribution in [2.24, 2.45) is 0 Å². The normalized spacial score (nSPS) is 20.7. The lowest BCUT2D eigenvalue weighted by Crippen LogP contribution is -2.67. The third-order valence-corrected chi connectivity index (χ3v) is 4.14. The summed E-state index contributed by atoms with van der Waals surface area (Å²) < 4.78 is 5.36. The molecule has 1 fully saturated rings. The van der Waals surface area contributed by atoms with Crippen LogP contribution < -0.4 is 5.32 Å². The molecule has 0 bridgehead atoms. The van der Waals surface area contributed by atoms with E-state index in [0.29, 0.717) is 24.5 Å². The number of carbonyl (C=O) groups excluding carboxylic acids is 2. The molecule has 1 N–H and O–H groups in total. The van der Waals surface area contributed by atoms with Crippen LogP contribution in [0, 0.1) is 0 Å². The largest absolute Gasteiger partial charge is 0.444 e. The molecule has 1 atom stereocenters. The molecule has 0 saturated carbocycles. The van der Waals surface area contributed by atoms with Crippen LogP contribution in [0.1, 0.15) is 39.7 Å². The lowest BCUT2D eigenvalue weighted by atomic mass is 9.86. The highest BCUT2D eigenvalue weighted by molar-refractivity contribution is 6.30. The molecule has 126 valence electrons. The van der Waals surface area contributed by atoms with E-state index < -0.39 is 17.2 Å². The lowest BCUT2D eigenvalue weighted by Gasteiger charge is -2.48. The zero-order chi connectivity index (χ0) is 17.3. The Morgan fingerprint density at radius 1 is 1.30 bits per heavy atom. The number of hydrogen-bond acceptors (Lipinski definition) is 3. The molecule has 1 saturated heterocycles. The van der Waals surface area contributed by atoms with Gasteiger partial charge in [-0.25, -0.2) is 4.79 Å². The molecular weight excluding hydrogens is 316 g/mol. The molecule has 1 heterocycles. The standard InChI is InChI=1S/C17H23ClN2O3/c1-16(2,3)23-15(22)20-10-9-17(20,4)14(21)19-11-12-5-7-13(18)8-6-12/h5-8H,9-11H2,1-4H3,(H,19,21). The first-order chi connectivity index (χ1) is 10.6. The van der Waals surface area contributed by atoms with Crippen LogP contribution in [0.25, 0.3) is 0 Å². The fourth-order valence-corrected chi connectivity index (χ4v) is 2.51. The molecular formula is C17H23ClN2O3. The summed E-state index contributed by atoms with van der Waals surface area (Å²) in [7, 11) is 0. The van der Waals surface area contributed by atoms with Gasteiger partial charge in [-0.15, -0.1) is 0 Å². The van der Waals surface area contributed by atoms with Gasteiger partial charge in [0.2, 0.25) is 5.91 Å². The van der Waals surface area contributed by atoms with Gasteiger partial charge in [-0.1, -0.05) is 23.7 Å². The highest BCUT2D eigenvalue weighted by Gasteiger charge is 2.50. The van der Waals surface area contributed by atoms with Crippen molar-refractivity contribution in [2.75, 3.05) is 6.54 Å². The second-order valence-corrected chi connectivity index (χ2v) is 7.40. The van der Waals surface area contributed by atoms with Crippen LogP contribution in [0.5, 0.6) is 0 Å². The predicted octanol–water partition coefficient (Wildman–Crippen LogP) is 3.36. The minimum absolute atomic E-state index is 0.176. The van der Waals surface area contributed by atoms with Crippen molar-refractivity contribution >= 4 is 23.6 Å². The minimum Gasteiger partial charge on any atom is -0.444 e. The van der Waals surface area contributed by atoms with Crippen molar-refractivity contribution in [3.05, 3.63) is 34.9 Å². The maximum atomic E-state index is 12.5. The summed E-state index contributed by atoms with van der Waals surface area (Å²) in [5.41, 5.74) is -0.475. The zero-order valence-electron chi connectivity index (χ0n) is 14.0. The van der Waals surface area contributed by atoms with Gasteiger partial charge < -0.3 is 10.1 Å². The highest BCUT2D eigenvalue weighted by atomic mass is 35.5. The van der Waals surface area contributed by atoms with Crippen molar-refractivity contribution in [2.45, 2.75) is 51.8 Å². The summed E-state index contributed by atoms with van der Waals surface area (Å²) in [4.78, 5) is 26.1. The van der Waals surface area contributed by atoms with Gasteiger partial charge in [0, 0.05) is 18.1 Å². The Hall–Kier alpha value is -1.75. The molecule has 0 aromatic heterocycles. The fourth-order valence-electron chi connectivity index (χ4n) is 2.38. The summed E-state index contributed by atoms with van der Waals surface area (Å²) in [6.45, 7) is 8.11. The number of benzene rings is 1. The fraction of sp³-hybridized carbons (Fsp3) is 0.529. The number of nitrogens with one attached hydrogen (secondary N) is 1. The van der Waals surface area contributed by atoms with E-state index in [1.54, 1.807) is 19.1 Å². The summed E-state index contributed by atoms with van der Waals surface area (Å²) in [6.07, 6.45) is 0.173. The second-order valence-electron chi connectivity index (χ2n) is 6.96. The topological polar surface area (TPSA) is 58.6 Å². The number of ether oxygens (including phenoxy) is 1. The van der Waals surface area contributed by atoms with Crippen molar-refractivity contribution in [3.63, 3.8) is 0 Å². The van der Waals surface area contributed by atoms with Crippen LogP contribution in [-0.2, 0) is 16.1 Å². The van der Waals surface area contributed by atoms with Crippen LogP contribution in [0.3, 0.4) is 0 Å². The molecule has 1 aliphatic rings. The molecule has 6 heteroatoms. The van der Waals surface area contributed by atoms with Gasteiger partial charge in [-0.2, -0.15) is 0 Å². The van der Waals surface area contributed by atoms with Gasteiger partial charge in [-0.3, -0.25) is 9.69 Å². The maximum absolute atomic E-state index is 12.5. The van der Waals surface area contributed by atoms with E-state index in [1.165, 1.54) is 4.90 Å². The van der Waals surface area contributed by atoms with Gasteiger partial charge in [0.15, 0.2) is 0 Å². The van der Waals surface area contributed by atoms with E-state index in [4.69, 9.17) is 16.3 Å². The molecule has 1 aliphatic heterocycles. The molecule has 1 unspecified atom stereocenters. The number of hydrogen-bond donors (Lipinski definition) is 1. The second kappa shape index (κ2) is 6.40. The smallest absolute Gasteiger partial charge is 0.411 e. The van der Waals surface area contributed by atoms with Gasteiger partial charge in [0.05, 0.1) is 0 Å². The monoisotopic (exact) mass is 338 g/mol. The van der Waals surface area contributed by atoms with E-state index in [9.17, 15) is 9.59 Å². The van der Waals surface area contributed by atoms with Crippen LogP contribution in [-0.4, -0.2) is 34.6 Å². The zero-order valence-corrected chi connectivity index (χ0v) is 14.7. The average molecular weight is 339 g/mol. The Morgan fingerprint density at radius 2 is 1.91 bits per heavy atom. The molecule has 1 aromatic rings. The summed E-state index contributed by atoms with van der Waals surface area (Å²) >= 11 is 5.84. The third-order valence-electron chi connectivity index (χ3n) is 3.89. The number of carbonyl (C=O) groups is 2. The van der Waals surface area contributed by atoms with E-state index in [1.807, 2.05) is 32.9 Å². The van der Waals surface area contributed by atoms with Crippen molar-refractivity contribution in [1.29, 1.82) is 0 Å². The van der Waals surface area contributed by atoms with Crippen molar-refractivity contribution in [3.8, 4) is 0 Å². The van der Waals surface area contributed by atoms with Crippen LogP contribution in [0.15, 0.2) is 24.3 Å². The first-order valence-electron chi connectivity index (χ1n) is 7.65. The molecule has 0 aliphatic carbocycles. The van der Waals surface area contributed by atoms with Crippen LogP contribution >= 0.6 is 11.6 Å². The maximum Gasteiger partial charge on any atom is 0.411 e. The first kappa shape index (κ1) is 17.6. The molecule has 2 amide bonds. The number of amides is 2. The number of halogens is 1. The molecule has 1 aromatic carbocycles. The molecule has 0 spiro atoms. The highest BCUT2D eigenvalue weighted by Crippen LogP contribution is 2.32. The minimum atomic E-state index is -0.852. The number of rotatable bonds is 3. The van der Waals surface area contributed by atoms with E-state index in [0.717, 1.165) is 5.56 Å². The van der Waals surface area contributed by atoms with Gasteiger partial charge >= 0.3 is 6.09 Å². The number of likely N-dealkylation sites (tertiary alicyclic amines) is 1. The van der Waals surface area contributed by atoms with Crippen LogP contribution in [0.2, 0.25) is 5.02 Å². The Bertz CT molecular complexity index is 595. The quantitative estimate of drug-likeness (QED) is 0.919. The Labute approximate surface area is 141 Å². The Morgan fingerprint density at radius 3 is 2.39 bits per heavy atom. The molecule has 2 rings (SSSR count). The van der Waals surface area contributed by atoms with Gasteiger partial charge in [0.1, 0.15) is 11.1 Å². The Balaban J connectivity index is 1.95. The Kier molecular flexibility index (Phi) is 4.90. The van der Waals surface area contributed by atoms with Gasteiger partial charge in [-0.05, 0) is 51.8 Å². The van der Waals surface area contributed by atoms with E-state index >= 15 is 0 Å². The summed E-state index contributed by atoms with van der Waals surface area (Å²) in [5.74, 6) is -0.176. The lowest BCUT2D eigenvalue weighted by molar-refractivity contribution is -0.140. The first-order valence-corrected chi connectivity index (χ1v) is 8.03. The molecule has 0 radical (unpaired) electrons. The third kappa shape index (κ3) is 4.16. The average Bonchev–Trinajstić information content (AvgIpc) is 2.42. The van der Waals surface area contributed by atoms with E-state index in [2.05, 4.69) is 5.32 Å². The number of nitrogens with zero attached hydrogens (tertiary/aromatic N) is 1.